The number of carbonyl (C=O) groups is 1. The molecule has 3 aromatic heterocycles. The molecule has 31 heavy (non-hydrogen) atoms. The lowest BCUT2D eigenvalue weighted by molar-refractivity contribution is 0.0148. The Hall–Kier alpha value is -3.62. The Bertz CT molecular complexity index is 1020. The van der Waals surface area contributed by atoms with Crippen LogP contribution in [0.1, 0.15) is 25.7 Å². The fraction of sp³-hybridized carbons (Fsp3) is 0.364. The van der Waals surface area contributed by atoms with Crippen LogP contribution in [0.25, 0.3) is 11.4 Å². The average Bonchev–Trinajstić information content (AvgIpc) is 3.16. The third kappa shape index (κ3) is 4.16. The Morgan fingerprint density at radius 2 is 1.74 bits per heavy atom. The number of rotatable bonds is 5. The van der Waals surface area contributed by atoms with Crippen molar-refractivity contribution in [1.29, 1.82) is 0 Å². The van der Waals surface area contributed by atoms with E-state index in [1.165, 1.54) is 0 Å². The van der Waals surface area contributed by atoms with Crippen molar-refractivity contribution in [2.45, 2.75) is 31.3 Å². The molecule has 0 bridgehead atoms. The van der Waals surface area contributed by atoms with E-state index in [0.717, 1.165) is 37.8 Å². The van der Waals surface area contributed by atoms with Gasteiger partial charge in [-0.25, -0.2) is 29.7 Å². The average molecular weight is 417 g/mol. The smallest absolute Gasteiger partial charge is 0.416 e. The molecule has 1 aliphatic heterocycles. The second-order valence-corrected chi connectivity index (χ2v) is 8.02. The Labute approximate surface area is 180 Å². The molecule has 0 unspecified atom stereocenters. The van der Waals surface area contributed by atoms with Gasteiger partial charge in [-0.05, 0) is 49.8 Å². The summed E-state index contributed by atoms with van der Waals surface area (Å²) in [5, 5.41) is 3.32. The van der Waals surface area contributed by atoms with Crippen LogP contribution in [-0.2, 0) is 4.74 Å². The molecule has 3 aromatic rings. The van der Waals surface area contributed by atoms with Gasteiger partial charge in [0.2, 0.25) is 5.95 Å². The molecule has 1 amide bonds. The lowest BCUT2D eigenvalue weighted by Gasteiger charge is -2.35. The molecule has 9 nitrogen and oxygen atoms in total. The third-order valence-electron chi connectivity index (χ3n) is 5.94. The maximum atomic E-state index is 12.4. The van der Waals surface area contributed by atoms with Crippen molar-refractivity contribution >= 4 is 17.9 Å². The molecule has 1 spiro atoms. The van der Waals surface area contributed by atoms with Gasteiger partial charge in [-0.2, -0.15) is 0 Å². The summed E-state index contributed by atoms with van der Waals surface area (Å²) in [6.45, 7) is 1.35. The highest BCUT2D eigenvalue weighted by Crippen LogP contribution is 2.40. The number of carbonyl (C=O) groups excluding carboxylic acids is 1. The molecule has 0 atom stereocenters. The molecule has 0 radical (unpaired) electrons. The molecule has 158 valence electrons. The summed E-state index contributed by atoms with van der Waals surface area (Å²) < 4.78 is 5.81. The number of nitrogens with zero attached hydrogens (tertiary/aromatic N) is 6. The summed E-state index contributed by atoms with van der Waals surface area (Å²) in [6, 6.07) is 7.33. The number of hydrogen-bond donors (Lipinski definition) is 1. The van der Waals surface area contributed by atoms with Gasteiger partial charge < -0.3 is 10.1 Å². The minimum Gasteiger partial charge on any atom is -0.441 e. The number of amides is 1. The van der Waals surface area contributed by atoms with Crippen LogP contribution in [0.2, 0.25) is 0 Å². The number of nitrogens with one attached hydrogen (secondary N) is 1. The van der Waals surface area contributed by atoms with Gasteiger partial charge in [-0.3, -0.25) is 4.90 Å². The lowest BCUT2D eigenvalue weighted by atomic mass is 9.78. The number of pyridine rings is 1. The molecule has 1 N–H and O–H groups in total. The molecule has 2 aliphatic rings. The van der Waals surface area contributed by atoms with Crippen LogP contribution in [0.15, 0.2) is 55.2 Å². The van der Waals surface area contributed by atoms with E-state index in [2.05, 4.69) is 30.2 Å². The van der Waals surface area contributed by atoms with Crippen molar-refractivity contribution < 1.29 is 9.53 Å². The summed E-state index contributed by atoms with van der Waals surface area (Å²) in [4.78, 5) is 35.5. The van der Waals surface area contributed by atoms with E-state index in [0.29, 0.717) is 30.1 Å². The second kappa shape index (κ2) is 8.25. The predicted octanol–water partition coefficient (Wildman–Crippen LogP) is 3.33. The summed E-state index contributed by atoms with van der Waals surface area (Å²) >= 11 is 0. The summed E-state index contributed by atoms with van der Waals surface area (Å²) in [6.07, 6.45) is 11.9. The van der Waals surface area contributed by atoms with Gasteiger partial charge >= 0.3 is 6.09 Å². The molecule has 9 heteroatoms. The van der Waals surface area contributed by atoms with Crippen LogP contribution >= 0.6 is 0 Å². The van der Waals surface area contributed by atoms with Crippen molar-refractivity contribution in [3.05, 3.63) is 55.2 Å². The molecule has 4 heterocycles. The number of hydrogen-bond acceptors (Lipinski definition) is 8. The first-order valence-corrected chi connectivity index (χ1v) is 10.5. The lowest BCUT2D eigenvalue weighted by Crippen LogP contribution is -2.39. The van der Waals surface area contributed by atoms with E-state index >= 15 is 0 Å². The Balaban J connectivity index is 1.14. The highest BCUT2D eigenvalue weighted by molar-refractivity contribution is 5.89. The zero-order valence-electron chi connectivity index (χ0n) is 17.0. The van der Waals surface area contributed by atoms with E-state index in [1.54, 1.807) is 42.0 Å². The highest BCUT2D eigenvalue weighted by atomic mass is 16.6. The number of ether oxygens (including phenoxy) is 1. The van der Waals surface area contributed by atoms with E-state index in [-0.39, 0.29) is 6.09 Å². The fourth-order valence-electron chi connectivity index (χ4n) is 4.20. The zero-order chi connectivity index (χ0) is 21.1. The fourth-order valence-corrected chi connectivity index (χ4v) is 4.20. The van der Waals surface area contributed by atoms with Crippen molar-refractivity contribution in [2.75, 3.05) is 23.3 Å². The largest absolute Gasteiger partial charge is 0.441 e. The molecule has 1 aliphatic carbocycles. The van der Waals surface area contributed by atoms with Crippen LogP contribution in [0.3, 0.4) is 0 Å². The topological polar surface area (TPSA) is 106 Å². The molecular weight excluding hydrogens is 394 g/mol. The molecule has 1 saturated carbocycles. The minimum atomic E-state index is -0.404. The van der Waals surface area contributed by atoms with Gasteiger partial charge in [-0.15, -0.1) is 0 Å². The number of aromatic nitrogens is 5. The molecule has 1 saturated heterocycles. The van der Waals surface area contributed by atoms with Gasteiger partial charge in [0.15, 0.2) is 5.82 Å². The van der Waals surface area contributed by atoms with E-state index in [4.69, 9.17) is 4.74 Å². The maximum Gasteiger partial charge on any atom is 0.416 e. The van der Waals surface area contributed by atoms with Gasteiger partial charge in [0, 0.05) is 37.5 Å². The first-order valence-electron chi connectivity index (χ1n) is 10.5. The van der Waals surface area contributed by atoms with Gasteiger partial charge in [0.1, 0.15) is 11.4 Å². The molecule has 0 aromatic carbocycles. The van der Waals surface area contributed by atoms with Crippen LogP contribution in [0.5, 0.6) is 0 Å². The quantitative estimate of drug-likeness (QED) is 0.674. The first-order chi connectivity index (χ1) is 15.2. The Morgan fingerprint density at radius 3 is 2.45 bits per heavy atom. The van der Waals surface area contributed by atoms with E-state index in [9.17, 15) is 4.79 Å². The van der Waals surface area contributed by atoms with Crippen LogP contribution < -0.4 is 10.2 Å². The summed E-state index contributed by atoms with van der Waals surface area (Å²) in [5.41, 5.74) is 0.380. The van der Waals surface area contributed by atoms with Gasteiger partial charge in [0.05, 0.1) is 12.1 Å². The first kappa shape index (κ1) is 19.3. The van der Waals surface area contributed by atoms with Crippen molar-refractivity contribution in [2.24, 2.45) is 5.92 Å². The normalized spacial score (nSPS) is 23.0. The second-order valence-electron chi connectivity index (χ2n) is 8.02. The van der Waals surface area contributed by atoms with Crippen LogP contribution in [0.4, 0.5) is 16.6 Å². The van der Waals surface area contributed by atoms with Crippen molar-refractivity contribution in [3.63, 3.8) is 0 Å². The van der Waals surface area contributed by atoms with E-state index in [1.807, 2.05) is 18.2 Å². The summed E-state index contributed by atoms with van der Waals surface area (Å²) in [5.74, 6) is 2.33. The standard InChI is InChI=1S/C22H23N7O2/c30-21-29(18-4-1-2-9-23-18)15-22(31-21)7-5-16(6-8-22)12-26-20-27-13-17(14-28-20)19-24-10-3-11-25-19/h1-4,9-11,13-14,16H,5-8,12,15H2,(H,26,27,28)/t16-,22-. The third-order valence-corrected chi connectivity index (χ3v) is 5.94. The predicted molar refractivity (Wildman–Crippen MR) is 114 cm³/mol. The minimum absolute atomic E-state index is 0.300. The molecular formula is C22H23N7O2. The monoisotopic (exact) mass is 417 g/mol. The van der Waals surface area contributed by atoms with Crippen LogP contribution in [-0.4, -0.2) is 49.7 Å². The Kier molecular flexibility index (Phi) is 5.15. The van der Waals surface area contributed by atoms with Crippen molar-refractivity contribution in [1.82, 2.24) is 24.9 Å². The number of anilines is 2. The molecule has 2 fully saturated rings. The maximum absolute atomic E-state index is 12.4. The van der Waals surface area contributed by atoms with Gasteiger partial charge in [-0.1, -0.05) is 6.07 Å². The molecule has 5 rings (SSSR count). The SMILES string of the molecule is O=C1O[C@]2(CC[C@H](CNc3ncc(-c4ncccn4)cn3)CC2)CN1c1ccccn1. The van der Waals surface area contributed by atoms with Crippen molar-refractivity contribution in [3.8, 4) is 11.4 Å². The Morgan fingerprint density at radius 1 is 1.00 bits per heavy atom. The highest BCUT2D eigenvalue weighted by Gasteiger charge is 2.47. The zero-order valence-corrected chi connectivity index (χ0v) is 17.0. The van der Waals surface area contributed by atoms with Gasteiger partial charge in [0.25, 0.3) is 0 Å². The van der Waals surface area contributed by atoms with Crippen LogP contribution in [0, 0.1) is 5.92 Å². The van der Waals surface area contributed by atoms with E-state index < -0.39 is 5.60 Å². The summed E-state index contributed by atoms with van der Waals surface area (Å²) in [7, 11) is 0.